The Morgan fingerprint density at radius 1 is 1.22 bits per heavy atom. The summed E-state index contributed by atoms with van der Waals surface area (Å²) in [5.74, 6) is 0.414. The third kappa shape index (κ3) is 3.07. The number of anilines is 2. The Morgan fingerprint density at radius 2 is 1.96 bits per heavy atom. The fourth-order valence-electron chi connectivity index (χ4n) is 2.36. The second-order valence-corrected chi connectivity index (χ2v) is 5.90. The van der Waals surface area contributed by atoms with E-state index in [2.05, 4.69) is 26.2 Å². The lowest BCUT2D eigenvalue weighted by molar-refractivity contribution is 0.414. The second kappa shape index (κ2) is 6.42. The van der Waals surface area contributed by atoms with Gasteiger partial charge in [0.1, 0.15) is 11.6 Å². The van der Waals surface area contributed by atoms with E-state index >= 15 is 0 Å². The average molecular weight is 376 g/mol. The number of ether oxygens (including phenoxy) is 1. The smallest absolute Gasteiger partial charge is 0.148 e. The molecule has 0 aliphatic carbocycles. The number of methoxy groups -OCH3 is 1. The van der Waals surface area contributed by atoms with Gasteiger partial charge in [-0.25, -0.2) is 4.39 Å². The third-order valence-electron chi connectivity index (χ3n) is 3.58. The van der Waals surface area contributed by atoms with Gasteiger partial charge >= 0.3 is 0 Å². The van der Waals surface area contributed by atoms with Crippen LogP contribution in [0.25, 0.3) is 10.9 Å². The number of nitrogens with zero attached hydrogens (tertiary/aromatic N) is 1. The van der Waals surface area contributed by atoms with Crippen LogP contribution < -0.4 is 15.8 Å². The summed E-state index contributed by atoms with van der Waals surface area (Å²) >= 11 is 3.20. The Labute approximate surface area is 141 Å². The molecule has 0 amide bonds. The van der Waals surface area contributed by atoms with Crippen LogP contribution in [0, 0.1) is 5.82 Å². The molecule has 0 aliphatic rings. The van der Waals surface area contributed by atoms with Gasteiger partial charge in [-0.3, -0.25) is 4.98 Å². The highest BCUT2D eigenvalue weighted by Crippen LogP contribution is 2.33. The van der Waals surface area contributed by atoms with Gasteiger partial charge in [-0.15, -0.1) is 0 Å². The molecule has 0 spiro atoms. The van der Waals surface area contributed by atoms with Gasteiger partial charge in [0.25, 0.3) is 0 Å². The molecule has 4 nitrogen and oxygen atoms in total. The van der Waals surface area contributed by atoms with Crippen molar-refractivity contribution in [3.05, 3.63) is 58.4 Å². The molecule has 1 heterocycles. The van der Waals surface area contributed by atoms with Crippen LogP contribution in [0.2, 0.25) is 0 Å². The van der Waals surface area contributed by atoms with Gasteiger partial charge in [-0.1, -0.05) is 12.1 Å². The molecular formula is C17H15BrFN3O. The summed E-state index contributed by atoms with van der Waals surface area (Å²) in [7, 11) is 1.62. The molecule has 1 aromatic heterocycles. The highest BCUT2D eigenvalue weighted by molar-refractivity contribution is 9.10. The normalized spacial score (nSPS) is 10.7. The minimum absolute atomic E-state index is 0.375. The van der Waals surface area contributed by atoms with Crippen molar-refractivity contribution in [1.82, 2.24) is 4.98 Å². The predicted molar refractivity (Wildman–Crippen MR) is 94.1 cm³/mol. The lowest BCUT2D eigenvalue weighted by atomic mass is 10.1. The van der Waals surface area contributed by atoms with Crippen LogP contribution in [0.1, 0.15) is 5.56 Å². The molecule has 3 N–H and O–H groups in total. The van der Waals surface area contributed by atoms with Crippen molar-refractivity contribution >= 4 is 38.2 Å². The standard InChI is InChI=1S/C17H15BrFN3O/c1-23-11-4-2-10(3-5-11)8-22-17-13(20)9-21-14-7-6-12(18)16(19)15(14)17/h2-7,9H,8,20H2,1H3,(H,21,22). The maximum Gasteiger partial charge on any atom is 0.148 e. The molecular weight excluding hydrogens is 361 g/mol. The van der Waals surface area contributed by atoms with Gasteiger partial charge in [-0.05, 0) is 45.8 Å². The number of fused-ring (bicyclic) bond motifs is 1. The molecule has 6 heteroatoms. The fraction of sp³-hybridized carbons (Fsp3) is 0.118. The number of benzene rings is 2. The molecule has 118 valence electrons. The van der Waals surface area contributed by atoms with Crippen molar-refractivity contribution in [1.29, 1.82) is 0 Å². The van der Waals surface area contributed by atoms with Crippen LogP contribution in [0.4, 0.5) is 15.8 Å². The van der Waals surface area contributed by atoms with Crippen LogP contribution in [-0.2, 0) is 6.54 Å². The monoisotopic (exact) mass is 375 g/mol. The quantitative estimate of drug-likeness (QED) is 0.711. The van der Waals surface area contributed by atoms with Crippen LogP contribution in [0.5, 0.6) is 5.75 Å². The van der Waals surface area contributed by atoms with Crippen LogP contribution in [0.3, 0.4) is 0 Å². The van der Waals surface area contributed by atoms with E-state index in [1.807, 2.05) is 24.3 Å². The summed E-state index contributed by atoms with van der Waals surface area (Å²) in [5.41, 5.74) is 8.53. The minimum Gasteiger partial charge on any atom is -0.497 e. The summed E-state index contributed by atoms with van der Waals surface area (Å²) in [6.07, 6.45) is 1.53. The number of nitrogens with two attached hydrogens (primary N) is 1. The Morgan fingerprint density at radius 3 is 2.65 bits per heavy atom. The van der Waals surface area contributed by atoms with E-state index in [0.717, 1.165) is 11.3 Å². The number of nitrogen functional groups attached to an aromatic ring is 1. The summed E-state index contributed by atoms with van der Waals surface area (Å²) in [6.45, 7) is 0.513. The highest BCUT2D eigenvalue weighted by atomic mass is 79.9. The van der Waals surface area contributed by atoms with E-state index in [-0.39, 0.29) is 5.82 Å². The summed E-state index contributed by atoms with van der Waals surface area (Å²) in [6, 6.07) is 11.0. The van der Waals surface area contributed by atoms with Gasteiger partial charge < -0.3 is 15.8 Å². The maximum atomic E-state index is 14.5. The van der Waals surface area contributed by atoms with E-state index < -0.39 is 0 Å². The number of hydrogen-bond donors (Lipinski definition) is 2. The first-order chi connectivity index (χ1) is 11.1. The summed E-state index contributed by atoms with van der Waals surface area (Å²) < 4.78 is 20.0. The average Bonchev–Trinajstić information content (AvgIpc) is 2.58. The molecule has 3 rings (SSSR count). The molecule has 0 saturated carbocycles. The van der Waals surface area contributed by atoms with Crippen LogP contribution in [-0.4, -0.2) is 12.1 Å². The van der Waals surface area contributed by atoms with E-state index in [1.54, 1.807) is 19.2 Å². The van der Waals surface area contributed by atoms with E-state index in [4.69, 9.17) is 10.5 Å². The Bertz CT molecular complexity index is 847. The molecule has 0 radical (unpaired) electrons. The van der Waals surface area contributed by atoms with Crippen molar-refractivity contribution in [2.75, 3.05) is 18.2 Å². The van der Waals surface area contributed by atoms with E-state index in [0.29, 0.717) is 33.3 Å². The van der Waals surface area contributed by atoms with Gasteiger partial charge in [0.05, 0.1) is 40.1 Å². The zero-order chi connectivity index (χ0) is 16.4. The fourth-order valence-corrected chi connectivity index (χ4v) is 2.69. The molecule has 0 unspecified atom stereocenters. The second-order valence-electron chi connectivity index (χ2n) is 5.05. The summed E-state index contributed by atoms with van der Waals surface area (Å²) in [4.78, 5) is 4.18. The number of pyridine rings is 1. The van der Waals surface area contributed by atoms with Crippen LogP contribution in [0.15, 0.2) is 47.1 Å². The molecule has 0 saturated heterocycles. The Hall–Kier alpha value is -2.34. The minimum atomic E-state index is -0.375. The number of halogens is 2. The number of aromatic nitrogens is 1. The molecule has 23 heavy (non-hydrogen) atoms. The molecule has 0 bridgehead atoms. The zero-order valence-electron chi connectivity index (χ0n) is 12.4. The largest absolute Gasteiger partial charge is 0.497 e. The van der Waals surface area contributed by atoms with Crippen molar-refractivity contribution in [3.8, 4) is 5.75 Å². The highest BCUT2D eigenvalue weighted by Gasteiger charge is 2.13. The molecule has 2 aromatic carbocycles. The van der Waals surface area contributed by atoms with Crippen LogP contribution >= 0.6 is 15.9 Å². The lowest BCUT2D eigenvalue weighted by Crippen LogP contribution is -2.05. The van der Waals surface area contributed by atoms with Crippen molar-refractivity contribution in [2.24, 2.45) is 0 Å². The lowest BCUT2D eigenvalue weighted by Gasteiger charge is -2.13. The molecule has 0 fully saturated rings. The van der Waals surface area contributed by atoms with Gasteiger partial charge in [0.15, 0.2) is 0 Å². The van der Waals surface area contributed by atoms with Crippen molar-refractivity contribution in [3.63, 3.8) is 0 Å². The third-order valence-corrected chi connectivity index (χ3v) is 4.20. The number of hydrogen-bond acceptors (Lipinski definition) is 4. The molecule has 3 aromatic rings. The van der Waals surface area contributed by atoms with Gasteiger partial charge in [0.2, 0.25) is 0 Å². The Balaban J connectivity index is 1.95. The predicted octanol–water partition coefficient (Wildman–Crippen LogP) is 4.34. The zero-order valence-corrected chi connectivity index (χ0v) is 14.0. The topological polar surface area (TPSA) is 60.2 Å². The Kier molecular flexibility index (Phi) is 4.34. The maximum absolute atomic E-state index is 14.5. The number of rotatable bonds is 4. The molecule has 0 atom stereocenters. The first-order valence-electron chi connectivity index (χ1n) is 6.99. The SMILES string of the molecule is COc1ccc(CNc2c(N)cnc3ccc(Br)c(F)c23)cc1. The first kappa shape index (κ1) is 15.6. The first-order valence-corrected chi connectivity index (χ1v) is 7.78. The van der Waals surface area contributed by atoms with Crippen molar-refractivity contribution in [2.45, 2.75) is 6.54 Å². The van der Waals surface area contributed by atoms with Gasteiger partial charge in [-0.2, -0.15) is 0 Å². The van der Waals surface area contributed by atoms with E-state index in [1.165, 1.54) is 6.20 Å². The van der Waals surface area contributed by atoms with Crippen molar-refractivity contribution < 1.29 is 9.13 Å². The number of nitrogens with one attached hydrogen (secondary N) is 1. The van der Waals surface area contributed by atoms with Gasteiger partial charge in [0, 0.05) is 6.54 Å². The summed E-state index contributed by atoms with van der Waals surface area (Å²) in [5, 5.41) is 3.59. The van der Waals surface area contributed by atoms with E-state index in [9.17, 15) is 4.39 Å². The molecule has 0 aliphatic heterocycles.